The van der Waals surface area contributed by atoms with Crippen LogP contribution in [0.5, 0.6) is 0 Å². The minimum absolute atomic E-state index is 0.289. The molecule has 3 rings (SSSR count). The van der Waals surface area contributed by atoms with Gasteiger partial charge in [0.1, 0.15) is 0 Å². The second kappa shape index (κ2) is 4.64. The predicted octanol–water partition coefficient (Wildman–Crippen LogP) is 2.55. The lowest BCUT2D eigenvalue weighted by Crippen LogP contribution is -2.18. The zero-order valence-electron chi connectivity index (χ0n) is 10.1. The normalized spacial score (nSPS) is 18.1. The van der Waals surface area contributed by atoms with Crippen LogP contribution < -0.4 is 11.1 Å². The first kappa shape index (κ1) is 11.0. The standard InChI is InChI=1S/C14H16N4/c15-11-5-6-12-10(9-11)3-1-4-13(12)18-14-16-7-2-8-17-14/h2,5-9,13H,1,3-4,15H2,(H,16,17,18). The molecule has 1 aromatic carbocycles. The largest absolute Gasteiger partial charge is 0.399 e. The number of fused-ring (bicyclic) bond motifs is 1. The summed E-state index contributed by atoms with van der Waals surface area (Å²) in [6.45, 7) is 0. The van der Waals surface area contributed by atoms with E-state index in [1.807, 2.05) is 12.1 Å². The Morgan fingerprint density at radius 1 is 1.22 bits per heavy atom. The molecule has 0 amide bonds. The van der Waals surface area contributed by atoms with E-state index >= 15 is 0 Å². The summed E-state index contributed by atoms with van der Waals surface area (Å²) in [5, 5.41) is 3.39. The van der Waals surface area contributed by atoms with E-state index in [0.29, 0.717) is 5.95 Å². The monoisotopic (exact) mass is 240 g/mol. The Morgan fingerprint density at radius 3 is 2.89 bits per heavy atom. The van der Waals surface area contributed by atoms with Gasteiger partial charge in [0.25, 0.3) is 0 Å². The van der Waals surface area contributed by atoms with Crippen LogP contribution in [0.15, 0.2) is 36.7 Å². The van der Waals surface area contributed by atoms with Crippen molar-refractivity contribution in [1.29, 1.82) is 0 Å². The van der Waals surface area contributed by atoms with Gasteiger partial charge < -0.3 is 11.1 Å². The molecule has 1 unspecified atom stereocenters. The average molecular weight is 240 g/mol. The molecular weight excluding hydrogens is 224 g/mol. The fourth-order valence-electron chi connectivity index (χ4n) is 2.51. The van der Waals surface area contributed by atoms with Crippen molar-refractivity contribution in [2.75, 3.05) is 11.1 Å². The Morgan fingerprint density at radius 2 is 2.06 bits per heavy atom. The number of nitrogens with one attached hydrogen (secondary N) is 1. The summed E-state index contributed by atoms with van der Waals surface area (Å²) in [6.07, 6.45) is 6.88. The number of hydrogen-bond acceptors (Lipinski definition) is 4. The van der Waals surface area contributed by atoms with Crippen molar-refractivity contribution in [2.24, 2.45) is 0 Å². The van der Waals surface area contributed by atoms with Crippen LogP contribution in [0.2, 0.25) is 0 Å². The predicted molar refractivity (Wildman–Crippen MR) is 72.2 cm³/mol. The molecule has 92 valence electrons. The fourth-order valence-corrected chi connectivity index (χ4v) is 2.51. The third kappa shape index (κ3) is 2.14. The molecule has 1 heterocycles. The van der Waals surface area contributed by atoms with E-state index in [1.165, 1.54) is 17.5 Å². The molecule has 0 spiro atoms. The van der Waals surface area contributed by atoms with Crippen LogP contribution in [0.3, 0.4) is 0 Å². The van der Waals surface area contributed by atoms with E-state index in [9.17, 15) is 0 Å². The number of rotatable bonds is 2. The highest BCUT2D eigenvalue weighted by Gasteiger charge is 2.20. The van der Waals surface area contributed by atoms with Gasteiger partial charge in [-0.2, -0.15) is 0 Å². The molecule has 18 heavy (non-hydrogen) atoms. The lowest BCUT2D eigenvalue weighted by atomic mass is 9.87. The third-order valence-electron chi connectivity index (χ3n) is 3.35. The summed E-state index contributed by atoms with van der Waals surface area (Å²) >= 11 is 0. The van der Waals surface area contributed by atoms with Crippen LogP contribution in [0, 0.1) is 0 Å². The van der Waals surface area contributed by atoms with E-state index in [4.69, 9.17) is 5.73 Å². The highest BCUT2D eigenvalue weighted by molar-refractivity contribution is 5.48. The van der Waals surface area contributed by atoms with E-state index in [2.05, 4.69) is 27.4 Å². The highest BCUT2D eigenvalue weighted by atomic mass is 15.1. The number of aryl methyl sites for hydroxylation is 1. The molecule has 4 nitrogen and oxygen atoms in total. The van der Waals surface area contributed by atoms with Gasteiger partial charge in [-0.15, -0.1) is 0 Å². The third-order valence-corrected chi connectivity index (χ3v) is 3.35. The van der Waals surface area contributed by atoms with Crippen molar-refractivity contribution in [3.63, 3.8) is 0 Å². The van der Waals surface area contributed by atoms with Gasteiger partial charge in [0, 0.05) is 18.1 Å². The number of nitrogens with zero attached hydrogens (tertiary/aromatic N) is 2. The molecule has 1 atom stereocenters. The summed E-state index contributed by atoms with van der Waals surface area (Å²) in [5.41, 5.74) is 9.34. The SMILES string of the molecule is Nc1ccc2c(c1)CCCC2Nc1ncccn1. The summed E-state index contributed by atoms with van der Waals surface area (Å²) in [6, 6.07) is 8.27. The number of anilines is 2. The minimum Gasteiger partial charge on any atom is -0.399 e. The molecule has 2 aromatic rings. The van der Waals surface area contributed by atoms with Crippen LogP contribution >= 0.6 is 0 Å². The van der Waals surface area contributed by atoms with Crippen molar-refractivity contribution in [1.82, 2.24) is 9.97 Å². The van der Waals surface area contributed by atoms with E-state index in [0.717, 1.165) is 18.5 Å². The topological polar surface area (TPSA) is 63.8 Å². The number of nitrogen functional groups attached to an aromatic ring is 1. The Kier molecular flexibility index (Phi) is 2.84. The van der Waals surface area contributed by atoms with Crippen molar-refractivity contribution in [3.8, 4) is 0 Å². The maximum Gasteiger partial charge on any atom is 0.223 e. The first-order valence-corrected chi connectivity index (χ1v) is 6.25. The molecule has 0 aliphatic heterocycles. The van der Waals surface area contributed by atoms with Crippen LogP contribution in [0.4, 0.5) is 11.6 Å². The van der Waals surface area contributed by atoms with Gasteiger partial charge in [0.2, 0.25) is 5.95 Å². The second-order valence-electron chi connectivity index (χ2n) is 4.62. The minimum atomic E-state index is 0.289. The molecule has 0 fully saturated rings. The second-order valence-corrected chi connectivity index (χ2v) is 4.62. The Hall–Kier alpha value is -2.10. The zero-order valence-corrected chi connectivity index (χ0v) is 10.1. The Labute approximate surface area is 106 Å². The maximum atomic E-state index is 5.83. The van der Waals surface area contributed by atoms with Crippen molar-refractivity contribution < 1.29 is 0 Å². The number of hydrogen-bond donors (Lipinski definition) is 2. The molecule has 0 radical (unpaired) electrons. The van der Waals surface area contributed by atoms with Crippen molar-refractivity contribution in [2.45, 2.75) is 25.3 Å². The summed E-state index contributed by atoms with van der Waals surface area (Å²) in [5.74, 6) is 0.687. The van der Waals surface area contributed by atoms with E-state index < -0.39 is 0 Å². The quantitative estimate of drug-likeness (QED) is 0.792. The maximum absolute atomic E-state index is 5.83. The molecular formula is C14H16N4. The molecule has 0 saturated carbocycles. The fraction of sp³-hybridized carbons (Fsp3) is 0.286. The molecule has 1 aromatic heterocycles. The van der Waals surface area contributed by atoms with Crippen LogP contribution in [0.1, 0.15) is 30.0 Å². The van der Waals surface area contributed by atoms with Gasteiger partial charge in [-0.25, -0.2) is 9.97 Å². The van der Waals surface area contributed by atoms with E-state index in [-0.39, 0.29) is 6.04 Å². The first-order valence-electron chi connectivity index (χ1n) is 6.25. The average Bonchev–Trinajstić information content (AvgIpc) is 2.40. The number of nitrogens with two attached hydrogens (primary N) is 1. The highest BCUT2D eigenvalue weighted by Crippen LogP contribution is 2.32. The van der Waals surface area contributed by atoms with Crippen molar-refractivity contribution in [3.05, 3.63) is 47.8 Å². The number of benzene rings is 1. The Bertz CT molecular complexity index is 539. The zero-order chi connectivity index (χ0) is 12.4. The van der Waals surface area contributed by atoms with E-state index in [1.54, 1.807) is 12.4 Å². The Balaban J connectivity index is 1.87. The van der Waals surface area contributed by atoms with Crippen LogP contribution in [0.25, 0.3) is 0 Å². The molecule has 0 saturated heterocycles. The summed E-state index contributed by atoms with van der Waals surface area (Å²) < 4.78 is 0. The lowest BCUT2D eigenvalue weighted by molar-refractivity contribution is 0.596. The van der Waals surface area contributed by atoms with Crippen molar-refractivity contribution >= 4 is 11.6 Å². The van der Waals surface area contributed by atoms with Gasteiger partial charge >= 0.3 is 0 Å². The van der Waals surface area contributed by atoms with Crippen LogP contribution in [-0.2, 0) is 6.42 Å². The molecule has 0 bridgehead atoms. The van der Waals surface area contributed by atoms with Gasteiger partial charge in [0.05, 0.1) is 6.04 Å². The van der Waals surface area contributed by atoms with Gasteiger partial charge in [-0.3, -0.25) is 0 Å². The molecule has 1 aliphatic rings. The van der Waals surface area contributed by atoms with Crippen LogP contribution in [-0.4, -0.2) is 9.97 Å². The first-order chi connectivity index (χ1) is 8.83. The molecule has 3 N–H and O–H groups in total. The smallest absolute Gasteiger partial charge is 0.223 e. The number of aromatic nitrogens is 2. The summed E-state index contributed by atoms with van der Waals surface area (Å²) in [4.78, 5) is 8.43. The van der Waals surface area contributed by atoms with Gasteiger partial charge in [-0.05, 0) is 48.6 Å². The van der Waals surface area contributed by atoms with Gasteiger partial charge in [0.15, 0.2) is 0 Å². The summed E-state index contributed by atoms with van der Waals surface area (Å²) in [7, 11) is 0. The van der Waals surface area contributed by atoms with Gasteiger partial charge in [-0.1, -0.05) is 6.07 Å². The molecule has 1 aliphatic carbocycles. The lowest BCUT2D eigenvalue weighted by Gasteiger charge is -2.26. The molecule has 4 heteroatoms.